The molecule has 0 fully saturated rings. The summed E-state index contributed by atoms with van der Waals surface area (Å²) in [6.45, 7) is 5.96. The molecule has 1 N–H and O–H groups in total. The molecule has 0 aliphatic rings. The standard InChI is InChI=1S/C21H20ClF2N3O/c1-11(2)18-19(12(3)8-9-25-18)26-21-13(22)10-15(24)20(27-21)17-14(23)6-5-7-16(17)28-4/h5-11H,1-4H3,(H,26,27). The van der Waals surface area contributed by atoms with Crippen LogP contribution >= 0.6 is 11.6 Å². The van der Waals surface area contributed by atoms with Crippen molar-refractivity contribution in [2.75, 3.05) is 12.4 Å². The molecule has 0 radical (unpaired) electrons. The maximum atomic E-state index is 14.6. The van der Waals surface area contributed by atoms with Crippen molar-refractivity contribution in [1.29, 1.82) is 0 Å². The zero-order valence-electron chi connectivity index (χ0n) is 16.0. The van der Waals surface area contributed by atoms with E-state index >= 15 is 0 Å². The minimum atomic E-state index is -0.744. The average Bonchev–Trinajstić information content (AvgIpc) is 2.65. The van der Waals surface area contributed by atoms with E-state index in [1.54, 1.807) is 12.3 Å². The summed E-state index contributed by atoms with van der Waals surface area (Å²) in [5, 5.41) is 3.23. The van der Waals surface area contributed by atoms with E-state index in [-0.39, 0.29) is 33.8 Å². The second-order valence-electron chi connectivity index (χ2n) is 6.63. The highest BCUT2D eigenvalue weighted by Gasteiger charge is 2.21. The molecule has 3 rings (SSSR count). The first-order chi connectivity index (χ1) is 13.3. The molecular formula is C21H20ClF2N3O. The largest absolute Gasteiger partial charge is 0.496 e. The molecule has 3 aromatic rings. The summed E-state index contributed by atoms with van der Waals surface area (Å²) >= 11 is 6.23. The number of halogens is 3. The number of benzene rings is 1. The van der Waals surface area contributed by atoms with Crippen LogP contribution in [0.15, 0.2) is 36.5 Å². The molecule has 28 heavy (non-hydrogen) atoms. The molecule has 0 amide bonds. The Labute approximate surface area is 167 Å². The molecule has 0 saturated carbocycles. The van der Waals surface area contributed by atoms with E-state index in [0.29, 0.717) is 0 Å². The molecule has 4 nitrogen and oxygen atoms in total. The normalized spacial score (nSPS) is 11.0. The van der Waals surface area contributed by atoms with Crippen LogP contribution < -0.4 is 10.1 Å². The van der Waals surface area contributed by atoms with Crippen molar-refractivity contribution in [3.8, 4) is 17.0 Å². The summed E-state index contributed by atoms with van der Waals surface area (Å²) < 4.78 is 34.3. The Morgan fingerprint density at radius 1 is 1.14 bits per heavy atom. The fourth-order valence-corrected chi connectivity index (χ4v) is 3.12. The third-order valence-electron chi connectivity index (χ3n) is 4.34. The Balaban J connectivity index is 2.16. The minimum absolute atomic E-state index is 0.0609. The third-order valence-corrected chi connectivity index (χ3v) is 4.63. The van der Waals surface area contributed by atoms with Gasteiger partial charge in [-0.05, 0) is 42.7 Å². The van der Waals surface area contributed by atoms with Gasteiger partial charge in [0.1, 0.15) is 23.1 Å². The monoisotopic (exact) mass is 403 g/mol. The van der Waals surface area contributed by atoms with Gasteiger partial charge in [-0.1, -0.05) is 31.5 Å². The van der Waals surface area contributed by atoms with Gasteiger partial charge >= 0.3 is 0 Å². The van der Waals surface area contributed by atoms with Gasteiger partial charge in [-0.3, -0.25) is 4.98 Å². The number of aromatic nitrogens is 2. The van der Waals surface area contributed by atoms with E-state index in [2.05, 4.69) is 15.3 Å². The molecule has 146 valence electrons. The highest BCUT2D eigenvalue weighted by Crippen LogP contribution is 2.37. The van der Waals surface area contributed by atoms with E-state index < -0.39 is 11.6 Å². The molecule has 1 aromatic carbocycles. The summed E-state index contributed by atoms with van der Waals surface area (Å²) in [5.41, 5.74) is 2.26. The molecule has 0 bridgehead atoms. The van der Waals surface area contributed by atoms with Gasteiger partial charge in [-0.2, -0.15) is 0 Å². The van der Waals surface area contributed by atoms with Crippen LogP contribution in [0.2, 0.25) is 5.02 Å². The van der Waals surface area contributed by atoms with Gasteiger partial charge in [0.15, 0.2) is 5.82 Å². The Morgan fingerprint density at radius 3 is 2.57 bits per heavy atom. The van der Waals surface area contributed by atoms with Crippen molar-refractivity contribution in [2.24, 2.45) is 0 Å². The Bertz CT molecular complexity index is 1020. The number of nitrogens with one attached hydrogen (secondary N) is 1. The number of rotatable bonds is 5. The van der Waals surface area contributed by atoms with Crippen LogP contribution in [0.1, 0.15) is 31.0 Å². The summed E-state index contributed by atoms with van der Waals surface area (Å²) in [6, 6.07) is 7.22. The number of hydrogen-bond donors (Lipinski definition) is 1. The molecule has 0 aliphatic carbocycles. The van der Waals surface area contributed by atoms with Crippen molar-refractivity contribution in [1.82, 2.24) is 9.97 Å². The number of nitrogens with zero attached hydrogens (tertiary/aromatic N) is 2. The van der Waals surface area contributed by atoms with E-state index in [4.69, 9.17) is 16.3 Å². The molecule has 0 saturated heterocycles. The average molecular weight is 404 g/mol. The van der Waals surface area contributed by atoms with Crippen molar-refractivity contribution in [3.05, 3.63) is 64.4 Å². The molecule has 2 heterocycles. The molecule has 2 aromatic heterocycles. The highest BCUT2D eigenvalue weighted by atomic mass is 35.5. The lowest BCUT2D eigenvalue weighted by Gasteiger charge is -2.17. The Hall–Kier alpha value is -2.73. The van der Waals surface area contributed by atoms with Crippen LogP contribution in [0, 0.1) is 18.6 Å². The second-order valence-corrected chi connectivity index (χ2v) is 7.04. The lowest BCUT2D eigenvalue weighted by molar-refractivity contribution is 0.413. The van der Waals surface area contributed by atoms with Gasteiger partial charge in [0, 0.05) is 6.20 Å². The van der Waals surface area contributed by atoms with Gasteiger partial charge in [0.25, 0.3) is 0 Å². The molecule has 0 atom stereocenters. The van der Waals surface area contributed by atoms with Gasteiger partial charge in [-0.15, -0.1) is 0 Å². The minimum Gasteiger partial charge on any atom is -0.496 e. The smallest absolute Gasteiger partial charge is 0.151 e. The first-order valence-electron chi connectivity index (χ1n) is 8.75. The predicted molar refractivity (Wildman–Crippen MR) is 107 cm³/mol. The lowest BCUT2D eigenvalue weighted by Crippen LogP contribution is -2.06. The summed E-state index contributed by atoms with van der Waals surface area (Å²) in [6.07, 6.45) is 1.73. The van der Waals surface area contributed by atoms with Gasteiger partial charge in [0.05, 0.1) is 29.1 Å². The number of ether oxygens (including phenoxy) is 1. The Kier molecular flexibility index (Phi) is 5.79. The van der Waals surface area contributed by atoms with E-state index in [0.717, 1.165) is 23.0 Å². The summed E-state index contributed by atoms with van der Waals surface area (Å²) in [4.78, 5) is 8.70. The summed E-state index contributed by atoms with van der Waals surface area (Å²) in [7, 11) is 1.39. The quantitative estimate of drug-likeness (QED) is 0.546. The maximum Gasteiger partial charge on any atom is 0.151 e. The van der Waals surface area contributed by atoms with Crippen molar-refractivity contribution >= 4 is 23.1 Å². The van der Waals surface area contributed by atoms with Crippen LogP contribution in [0.25, 0.3) is 11.3 Å². The SMILES string of the molecule is COc1cccc(F)c1-c1nc(Nc2c(C)ccnc2C(C)C)c(Cl)cc1F. The number of hydrogen-bond acceptors (Lipinski definition) is 4. The molecule has 0 unspecified atom stereocenters. The molecular weight excluding hydrogens is 384 g/mol. The van der Waals surface area contributed by atoms with Crippen LogP contribution in [0.4, 0.5) is 20.3 Å². The fourth-order valence-electron chi connectivity index (χ4n) is 2.93. The predicted octanol–water partition coefficient (Wildman–Crippen LogP) is 6.26. The topological polar surface area (TPSA) is 47.0 Å². The fraction of sp³-hybridized carbons (Fsp3) is 0.238. The first-order valence-corrected chi connectivity index (χ1v) is 9.12. The van der Waals surface area contributed by atoms with Crippen molar-refractivity contribution in [3.63, 3.8) is 0 Å². The zero-order valence-corrected chi connectivity index (χ0v) is 16.7. The third kappa shape index (κ3) is 3.78. The Morgan fingerprint density at radius 2 is 1.89 bits per heavy atom. The van der Waals surface area contributed by atoms with Gasteiger partial charge in [-0.25, -0.2) is 13.8 Å². The van der Waals surface area contributed by atoms with Gasteiger partial charge < -0.3 is 10.1 Å². The molecule has 7 heteroatoms. The van der Waals surface area contributed by atoms with Crippen LogP contribution in [0.3, 0.4) is 0 Å². The van der Waals surface area contributed by atoms with Crippen LogP contribution in [-0.2, 0) is 0 Å². The van der Waals surface area contributed by atoms with Crippen LogP contribution in [0.5, 0.6) is 5.75 Å². The van der Waals surface area contributed by atoms with E-state index in [1.807, 2.05) is 26.8 Å². The number of anilines is 2. The van der Waals surface area contributed by atoms with Crippen LogP contribution in [-0.4, -0.2) is 17.1 Å². The maximum absolute atomic E-state index is 14.6. The first kappa shape index (κ1) is 20.0. The lowest BCUT2D eigenvalue weighted by atomic mass is 10.0. The van der Waals surface area contributed by atoms with E-state index in [9.17, 15) is 8.78 Å². The van der Waals surface area contributed by atoms with Gasteiger partial charge in [0.2, 0.25) is 0 Å². The second kappa shape index (κ2) is 8.10. The number of pyridine rings is 2. The van der Waals surface area contributed by atoms with E-state index in [1.165, 1.54) is 19.2 Å². The molecule has 0 spiro atoms. The van der Waals surface area contributed by atoms with Crippen molar-refractivity contribution in [2.45, 2.75) is 26.7 Å². The number of methoxy groups -OCH3 is 1. The highest BCUT2D eigenvalue weighted by molar-refractivity contribution is 6.33. The van der Waals surface area contributed by atoms with Crippen molar-refractivity contribution < 1.29 is 13.5 Å². The molecule has 0 aliphatic heterocycles. The number of aryl methyl sites for hydroxylation is 1. The zero-order chi connectivity index (χ0) is 20.4. The summed E-state index contributed by atoms with van der Waals surface area (Å²) in [5.74, 6) is -0.848.